The molecule has 0 aromatic heterocycles. The number of carbonyl (C=O) groups is 3. The van der Waals surface area contributed by atoms with Gasteiger partial charge in [0.15, 0.2) is 5.78 Å². The van der Waals surface area contributed by atoms with E-state index in [0.717, 1.165) is 0 Å². The number of amides is 1. The molecule has 1 rings (SSSR count). The number of carbonyl (C=O) groups excluding carboxylic acids is 3. The summed E-state index contributed by atoms with van der Waals surface area (Å²) in [5.41, 5.74) is 2.47. The minimum absolute atomic E-state index is 0.214. The predicted octanol–water partition coefficient (Wildman–Crippen LogP) is 3.25. The van der Waals surface area contributed by atoms with Crippen LogP contribution in [0.5, 0.6) is 0 Å². The zero-order chi connectivity index (χ0) is 20.4. The number of nitrogens with zero attached hydrogens (tertiary/aromatic N) is 1. The van der Waals surface area contributed by atoms with Crippen molar-refractivity contribution in [1.82, 2.24) is 0 Å². The van der Waals surface area contributed by atoms with Gasteiger partial charge in [-0.25, -0.2) is 4.79 Å². The normalized spacial score (nSPS) is 12.0. The minimum Gasteiger partial charge on any atom is -0.462 e. The molecular weight excluding hydrogens is 344 g/mol. The van der Waals surface area contributed by atoms with Crippen molar-refractivity contribution in [2.75, 3.05) is 19.0 Å². The molecule has 0 unspecified atom stereocenters. The second kappa shape index (κ2) is 10.7. The molecule has 0 saturated carbocycles. The van der Waals surface area contributed by atoms with E-state index in [1.807, 2.05) is 0 Å². The van der Waals surface area contributed by atoms with E-state index in [1.54, 1.807) is 51.2 Å². The van der Waals surface area contributed by atoms with Crippen LogP contribution in [0.2, 0.25) is 0 Å². The molecule has 1 aromatic carbocycles. The number of esters is 1. The van der Waals surface area contributed by atoms with E-state index in [4.69, 9.17) is 4.74 Å². The number of hydrogen-bond acceptors (Lipinski definition) is 5. The standard InChI is InChI=1S/C21H24N2O4/c1-6-18(21(26)27-7-2)15(4)20(22-5)16-9-8-10-17(13-16)23-19(25)12-11-14(3)24/h6,8-13H,4,7H2,1-3,5H3,(H,23,25). The first-order valence-corrected chi connectivity index (χ1v) is 8.43. The van der Waals surface area contributed by atoms with Crippen molar-refractivity contribution < 1.29 is 19.1 Å². The third kappa shape index (κ3) is 6.51. The fourth-order valence-electron chi connectivity index (χ4n) is 2.31. The van der Waals surface area contributed by atoms with Gasteiger partial charge < -0.3 is 10.1 Å². The lowest BCUT2D eigenvalue weighted by Crippen LogP contribution is -2.16. The molecule has 1 amide bonds. The highest BCUT2D eigenvalue weighted by Crippen LogP contribution is 2.20. The lowest BCUT2D eigenvalue weighted by atomic mass is 9.96. The van der Waals surface area contributed by atoms with Crippen LogP contribution in [-0.2, 0) is 19.1 Å². The number of benzene rings is 1. The van der Waals surface area contributed by atoms with E-state index >= 15 is 0 Å². The molecule has 6 nitrogen and oxygen atoms in total. The third-order valence-corrected chi connectivity index (χ3v) is 3.49. The summed E-state index contributed by atoms with van der Waals surface area (Å²) in [5.74, 6) is -1.10. The van der Waals surface area contributed by atoms with Gasteiger partial charge in [-0.05, 0) is 39.0 Å². The van der Waals surface area contributed by atoms with Crippen molar-refractivity contribution in [1.29, 1.82) is 0 Å². The van der Waals surface area contributed by atoms with Crippen LogP contribution in [0.15, 0.2) is 65.2 Å². The Morgan fingerprint density at radius 2 is 1.96 bits per heavy atom. The lowest BCUT2D eigenvalue weighted by Gasteiger charge is -2.13. The summed E-state index contributed by atoms with van der Waals surface area (Å²) in [5, 5.41) is 2.67. The van der Waals surface area contributed by atoms with Crippen LogP contribution >= 0.6 is 0 Å². The third-order valence-electron chi connectivity index (χ3n) is 3.49. The summed E-state index contributed by atoms with van der Waals surface area (Å²) in [7, 11) is 1.60. The maximum atomic E-state index is 12.1. The highest BCUT2D eigenvalue weighted by atomic mass is 16.5. The fourth-order valence-corrected chi connectivity index (χ4v) is 2.31. The number of aliphatic imine (C=N–C) groups is 1. The van der Waals surface area contributed by atoms with Gasteiger partial charge in [0, 0.05) is 29.9 Å². The molecule has 0 bridgehead atoms. The van der Waals surface area contributed by atoms with E-state index in [1.165, 1.54) is 19.1 Å². The number of rotatable bonds is 8. The number of nitrogens with one attached hydrogen (secondary N) is 1. The molecule has 0 saturated heterocycles. The minimum atomic E-state index is -0.468. The van der Waals surface area contributed by atoms with Crippen LogP contribution in [0.4, 0.5) is 5.69 Å². The van der Waals surface area contributed by atoms with Crippen LogP contribution in [0.25, 0.3) is 0 Å². The number of anilines is 1. The summed E-state index contributed by atoms with van der Waals surface area (Å²) >= 11 is 0. The first-order valence-electron chi connectivity index (χ1n) is 8.43. The average molecular weight is 368 g/mol. The molecular formula is C21H24N2O4. The molecule has 1 aromatic rings. The molecule has 6 heteroatoms. The molecule has 0 aliphatic heterocycles. The number of ketones is 1. The Hall–Kier alpha value is -3.28. The molecule has 142 valence electrons. The van der Waals surface area contributed by atoms with Crippen molar-refractivity contribution in [3.63, 3.8) is 0 Å². The smallest absolute Gasteiger partial charge is 0.338 e. The van der Waals surface area contributed by atoms with Gasteiger partial charge in [-0.15, -0.1) is 0 Å². The Kier molecular flexibility index (Phi) is 8.59. The van der Waals surface area contributed by atoms with E-state index in [0.29, 0.717) is 28.1 Å². The number of allylic oxidation sites excluding steroid dienone is 2. The summed E-state index contributed by atoms with van der Waals surface area (Å²) in [6.07, 6.45) is 3.99. The zero-order valence-corrected chi connectivity index (χ0v) is 16.0. The van der Waals surface area contributed by atoms with E-state index < -0.39 is 11.9 Å². The molecule has 0 fully saturated rings. The molecule has 1 N–H and O–H groups in total. The monoisotopic (exact) mass is 368 g/mol. The molecule has 0 aliphatic rings. The van der Waals surface area contributed by atoms with Gasteiger partial charge in [-0.2, -0.15) is 0 Å². The van der Waals surface area contributed by atoms with Gasteiger partial charge in [0.2, 0.25) is 5.91 Å². The summed E-state index contributed by atoms with van der Waals surface area (Å²) in [6.45, 7) is 9.06. The maximum Gasteiger partial charge on any atom is 0.338 e. The molecule has 27 heavy (non-hydrogen) atoms. The highest BCUT2D eigenvalue weighted by molar-refractivity contribution is 6.20. The summed E-state index contributed by atoms with van der Waals surface area (Å²) in [6, 6.07) is 6.97. The predicted molar refractivity (Wildman–Crippen MR) is 107 cm³/mol. The quantitative estimate of drug-likeness (QED) is 0.330. The van der Waals surface area contributed by atoms with Gasteiger partial charge in [-0.3, -0.25) is 14.6 Å². The Bertz CT molecular complexity index is 832. The van der Waals surface area contributed by atoms with Gasteiger partial charge >= 0.3 is 5.97 Å². The Morgan fingerprint density at radius 1 is 1.26 bits per heavy atom. The van der Waals surface area contributed by atoms with Gasteiger partial charge in [0.1, 0.15) is 0 Å². The van der Waals surface area contributed by atoms with Crippen LogP contribution in [0.1, 0.15) is 26.3 Å². The van der Waals surface area contributed by atoms with Crippen LogP contribution in [-0.4, -0.2) is 37.0 Å². The van der Waals surface area contributed by atoms with E-state index in [-0.39, 0.29) is 12.4 Å². The molecule has 0 heterocycles. The van der Waals surface area contributed by atoms with Crippen molar-refractivity contribution in [2.24, 2.45) is 4.99 Å². The highest BCUT2D eigenvalue weighted by Gasteiger charge is 2.19. The van der Waals surface area contributed by atoms with Crippen LogP contribution in [0, 0.1) is 0 Å². The van der Waals surface area contributed by atoms with Gasteiger partial charge in [-0.1, -0.05) is 24.8 Å². The van der Waals surface area contributed by atoms with Crippen LogP contribution in [0.3, 0.4) is 0 Å². The van der Waals surface area contributed by atoms with E-state index in [9.17, 15) is 14.4 Å². The summed E-state index contributed by atoms with van der Waals surface area (Å²) < 4.78 is 5.05. The van der Waals surface area contributed by atoms with Crippen molar-refractivity contribution in [3.05, 3.63) is 65.8 Å². The largest absolute Gasteiger partial charge is 0.462 e. The van der Waals surface area contributed by atoms with Gasteiger partial charge in [0.25, 0.3) is 0 Å². The first-order chi connectivity index (χ1) is 12.8. The zero-order valence-electron chi connectivity index (χ0n) is 16.0. The second-order valence-corrected chi connectivity index (χ2v) is 5.49. The lowest BCUT2D eigenvalue weighted by molar-refractivity contribution is -0.138. The summed E-state index contributed by atoms with van der Waals surface area (Å²) in [4.78, 5) is 39.1. The molecule has 0 spiro atoms. The SMILES string of the molecule is C=C(C(=CC)C(=O)OCC)C(=NC)c1cccc(NC(=O)C=CC(C)=O)c1. The molecule has 0 aliphatic carbocycles. The first kappa shape index (κ1) is 21.8. The Labute approximate surface area is 159 Å². The maximum absolute atomic E-state index is 12.1. The fraction of sp³-hybridized carbons (Fsp3) is 0.238. The van der Waals surface area contributed by atoms with Crippen molar-refractivity contribution >= 4 is 29.1 Å². The second-order valence-electron chi connectivity index (χ2n) is 5.49. The number of hydrogen-bond donors (Lipinski definition) is 1. The van der Waals surface area contributed by atoms with Gasteiger partial charge in [0.05, 0.1) is 17.9 Å². The van der Waals surface area contributed by atoms with Crippen molar-refractivity contribution in [2.45, 2.75) is 20.8 Å². The molecule has 0 radical (unpaired) electrons. The molecule has 0 atom stereocenters. The van der Waals surface area contributed by atoms with Crippen LogP contribution < -0.4 is 5.32 Å². The van der Waals surface area contributed by atoms with E-state index in [2.05, 4.69) is 16.9 Å². The Morgan fingerprint density at radius 3 is 2.52 bits per heavy atom. The Balaban J connectivity index is 3.09. The van der Waals surface area contributed by atoms with Crippen molar-refractivity contribution in [3.8, 4) is 0 Å². The topological polar surface area (TPSA) is 84.8 Å². The average Bonchev–Trinajstić information content (AvgIpc) is 2.62. The number of ether oxygens (including phenoxy) is 1.